The molecule has 3 rings (SSSR count). The third-order valence-corrected chi connectivity index (χ3v) is 3.53. The van der Waals surface area contributed by atoms with E-state index in [0.29, 0.717) is 23.9 Å². The second-order valence-corrected chi connectivity index (χ2v) is 5.26. The fourth-order valence-electron chi connectivity index (χ4n) is 2.07. The molecule has 0 atom stereocenters. The second-order valence-electron chi connectivity index (χ2n) is 4.86. The number of benzene rings is 2. The first-order chi connectivity index (χ1) is 11.2. The molecular formula is C18H14ClNO3. The van der Waals surface area contributed by atoms with Crippen LogP contribution in [0.15, 0.2) is 65.3 Å². The van der Waals surface area contributed by atoms with E-state index in [1.54, 1.807) is 12.1 Å². The average molecular weight is 328 g/mol. The van der Waals surface area contributed by atoms with Gasteiger partial charge in [-0.05, 0) is 29.8 Å². The van der Waals surface area contributed by atoms with Gasteiger partial charge in [0.05, 0.1) is 13.0 Å². The van der Waals surface area contributed by atoms with E-state index in [2.05, 4.69) is 4.99 Å². The maximum absolute atomic E-state index is 11.8. The van der Waals surface area contributed by atoms with Gasteiger partial charge in [-0.3, -0.25) is 0 Å². The molecule has 116 valence electrons. The highest BCUT2D eigenvalue weighted by Gasteiger charge is 2.22. The summed E-state index contributed by atoms with van der Waals surface area (Å²) in [5.74, 6) is 0.646. The van der Waals surface area contributed by atoms with E-state index in [-0.39, 0.29) is 5.70 Å². The van der Waals surface area contributed by atoms with Crippen LogP contribution in [0.5, 0.6) is 5.75 Å². The molecule has 2 aromatic carbocycles. The molecule has 0 saturated carbocycles. The number of esters is 1. The van der Waals surface area contributed by atoms with Gasteiger partial charge in [0.15, 0.2) is 5.70 Å². The molecule has 5 heteroatoms. The van der Waals surface area contributed by atoms with E-state index in [1.165, 1.54) is 0 Å². The van der Waals surface area contributed by atoms with Gasteiger partial charge in [0, 0.05) is 5.02 Å². The lowest BCUT2D eigenvalue weighted by molar-refractivity contribution is -0.130. The topological polar surface area (TPSA) is 47.9 Å². The van der Waals surface area contributed by atoms with Crippen LogP contribution in [-0.4, -0.2) is 18.5 Å². The van der Waals surface area contributed by atoms with Crippen LogP contribution in [-0.2, 0) is 9.53 Å². The van der Waals surface area contributed by atoms with E-state index in [0.717, 1.165) is 11.3 Å². The molecule has 0 spiro atoms. The third kappa shape index (κ3) is 3.99. The molecule has 23 heavy (non-hydrogen) atoms. The molecule has 0 bridgehead atoms. The maximum atomic E-state index is 11.8. The van der Waals surface area contributed by atoms with Crippen molar-refractivity contribution in [1.29, 1.82) is 0 Å². The summed E-state index contributed by atoms with van der Waals surface area (Å²) in [6, 6.07) is 16.7. The summed E-state index contributed by atoms with van der Waals surface area (Å²) < 4.78 is 10.7. The second kappa shape index (κ2) is 7.11. The Labute approximate surface area is 139 Å². The first-order valence-corrected chi connectivity index (χ1v) is 7.54. The summed E-state index contributed by atoms with van der Waals surface area (Å²) in [4.78, 5) is 16.0. The molecule has 1 heterocycles. The van der Waals surface area contributed by atoms with Crippen molar-refractivity contribution < 1.29 is 14.3 Å². The molecule has 0 aliphatic carbocycles. The predicted octanol–water partition coefficient (Wildman–Crippen LogP) is 4.11. The summed E-state index contributed by atoms with van der Waals surface area (Å²) in [6.45, 7) is 0.384. The number of halogens is 1. The van der Waals surface area contributed by atoms with E-state index >= 15 is 0 Å². The first-order valence-electron chi connectivity index (χ1n) is 7.16. The number of carbonyl (C=O) groups excluding carboxylic acids is 1. The van der Waals surface area contributed by atoms with Gasteiger partial charge < -0.3 is 9.47 Å². The smallest absolute Gasteiger partial charge is 0.363 e. The number of nitrogens with zero attached hydrogens (tertiary/aromatic N) is 1. The Bertz CT molecular complexity index is 769. The number of carbonyl (C=O) groups is 1. The quantitative estimate of drug-likeness (QED) is 0.613. The Morgan fingerprint density at radius 2 is 1.83 bits per heavy atom. The lowest BCUT2D eigenvalue weighted by Crippen LogP contribution is -2.08. The highest BCUT2D eigenvalue weighted by molar-refractivity contribution is 6.32. The van der Waals surface area contributed by atoms with Gasteiger partial charge in [-0.25, -0.2) is 9.79 Å². The van der Waals surface area contributed by atoms with Gasteiger partial charge in [-0.1, -0.05) is 48.0 Å². The van der Waals surface area contributed by atoms with Crippen LogP contribution in [0.1, 0.15) is 12.0 Å². The van der Waals surface area contributed by atoms with Crippen molar-refractivity contribution in [3.05, 3.63) is 70.9 Å². The average Bonchev–Trinajstić information content (AvgIpc) is 2.90. The van der Waals surface area contributed by atoms with Gasteiger partial charge in [-0.15, -0.1) is 0 Å². The van der Waals surface area contributed by atoms with Gasteiger partial charge in [0.1, 0.15) is 5.75 Å². The molecule has 0 radical (unpaired) electrons. The normalized spacial score (nSPS) is 15.4. The molecule has 0 aromatic heterocycles. The lowest BCUT2D eigenvalue weighted by Gasteiger charge is -2.04. The van der Waals surface area contributed by atoms with Crippen LogP contribution in [0.4, 0.5) is 0 Å². The van der Waals surface area contributed by atoms with Crippen molar-refractivity contribution in [3.63, 3.8) is 0 Å². The number of ether oxygens (including phenoxy) is 2. The summed E-state index contributed by atoms with van der Waals surface area (Å²) in [5.41, 5.74) is 0.972. The molecule has 1 aliphatic heterocycles. The van der Waals surface area contributed by atoms with E-state index in [4.69, 9.17) is 21.1 Å². The molecular weight excluding hydrogens is 314 g/mol. The summed E-state index contributed by atoms with van der Waals surface area (Å²) in [6.07, 6.45) is 2.04. The number of para-hydroxylation sites is 1. The number of aliphatic imine (C=N–C) groups is 1. The van der Waals surface area contributed by atoms with E-state index in [9.17, 15) is 4.79 Å². The Morgan fingerprint density at radius 1 is 1.09 bits per heavy atom. The first kappa shape index (κ1) is 15.3. The van der Waals surface area contributed by atoms with Crippen molar-refractivity contribution in [1.82, 2.24) is 0 Å². The monoisotopic (exact) mass is 327 g/mol. The Morgan fingerprint density at radius 3 is 2.61 bits per heavy atom. The number of cyclic esters (lactones) is 1. The molecule has 0 fully saturated rings. The van der Waals surface area contributed by atoms with Crippen molar-refractivity contribution in [2.24, 2.45) is 4.99 Å². The van der Waals surface area contributed by atoms with Crippen LogP contribution in [0, 0.1) is 0 Å². The zero-order valence-electron chi connectivity index (χ0n) is 12.2. The van der Waals surface area contributed by atoms with E-state index in [1.807, 2.05) is 48.5 Å². The van der Waals surface area contributed by atoms with Crippen LogP contribution < -0.4 is 4.74 Å². The van der Waals surface area contributed by atoms with Crippen molar-refractivity contribution >= 4 is 29.5 Å². The zero-order valence-corrected chi connectivity index (χ0v) is 13.0. The predicted molar refractivity (Wildman–Crippen MR) is 89.5 cm³/mol. The van der Waals surface area contributed by atoms with Gasteiger partial charge in [0.2, 0.25) is 5.90 Å². The molecule has 0 saturated heterocycles. The van der Waals surface area contributed by atoms with E-state index < -0.39 is 5.97 Å². The molecule has 4 nitrogen and oxygen atoms in total. The highest BCUT2D eigenvalue weighted by atomic mass is 35.5. The van der Waals surface area contributed by atoms with Gasteiger partial charge >= 0.3 is 5.97 Å². The Kier molecular flexibility index (Phi) is 4.74. The van der Waals surface area contributed by atoms with Crippen LogP contribution in [0.25, 0.3) is 6.08 Å². The summed E-state index contributed by atoms with van der Waals surface area (Å²) in [5, 5.41) is 0.559. The van der Waals surface area contributed by atoms with Crippen LogP contribution >= 0.6 is 11.6 Å². The maximum Gasteiger partial charge on any atom is 0.363 e. The summed E-state index contributed by atoms with van der Waals surface area (Å²) in [7, 11) is 0. The van der Waals surface area contributed by atoms with Crippen molar-refractivity contribution in [3.8, 4) is 5.75 Å². The number of rotatable bonds is 5. The fraction of sp³-hybridized carbons (Fsp3) is 0.111. The van der Waals surface area contributed by atoms with Crippen molar-refractivity contribution in [2.45, 2.75) is 6.42 Å². The largest absolute Gasteiger partial charge is 0.493 e. The molecule has 1 aliphatic rings. The molecule has 0 unspecified atom stereocenters. The Hall–Kier alpha value is -2.59. The minimum absolute atomic E-state index is 0.243. The third-order valence-electron chi connectivity index (χ3n) is 3.19. The van der Waals surface area contributed by atoms with Gasteiger partial charge in [0.25, 0.3) is 0 Å². The number of hydrogen-bond acceptors (Lipinski definition) is 4. The fourth-order valence-corrected chi connectivity index (χ4v) is 2.26. The minimum atomic E-state index is -0.473. The summed E-state index contributed by atoms with van der Waals surface area (Å²) >= 11 is 6.07. The molecule has 0 N–H and O–H groups in total. The SMILES string of the molecule is O=C1OC(CCOc2ccccc2)=N/C1=C\c1ccccc1Cl. The zero-order chi connectivity index (χ0) is 16.1. The minimum Gasteiger partial charge on any atom is -0.493 e. The Balaban J connectivity index is 1.64. The lowest BCUT2D eigenvalue weighted by atomic mass is 10.2. The van der Waals surface area contributed by atoms with Crippen molar-refractivity contribution in [2.75, 3.05) is 6.61 Å². The molecule has 0 amide bonds. The van der Waals surface area contributed by atoms with Gasteiger partial charge in [-0.2, -0.15) is 0 Å². The van der Waals surface area contributed by atoms with Crippen LogP contribution in [0.2, 0.25) is 5.02 Å². The number of hydrogen-bond donors (Lipinski definition) is 0. The standard InChI is InChI=1S/C18H14ClNO3/c19-15-9-5-4-6-13(15)12-16-18(21)23-17(20-16)10-11-22-14-7-2-1-3-8-14/h1-9,12H,10-11H2/b16-12-. The van der Waals surface area contributed by atoms with Crippen LogP contribution in [0.3, 0.4) is 0 Å². The highest BCUT2D eigenvalue weighted by Crippen LogP contribution is 2.22. The molecule has 2 aromatic rings.